The predicted molar refractivity (Wildman–Crippen MR) is 130 cm³/mol. The third-order valence-electron chi connectivity index (χ3n) is 6.87. The number of rotatable bonds is 7. The van der Waals surface area contributed by atoms with Crippen LogP contribution in [0.15, 0.2) is 58.3 Å². The highest BCUT2D eigenvalue weighted by Crippen LogP contribution is 2.43. The molecule has 36 heavy (non-hydrogen) atoms. The molecule has 3 heterocycles. The Labute approximate surface area is 206 Å². The average molecular weight is 492 g/mol. The van der Waals surface area contributed by atoms with E-state index < -0.39 is 23.8 Å². The van der Waals surface area contributed by atoms with E-state index in [0.717, 1.165) is 12.0 Å². The smallest absolute Gasteiger partial charge is 0.335 e. The first kappa shape index (κ1) is 23.7. The Hall–Kier alpha value is -4.01. The number of hydrogen-bond acceptors (Lipinski definition) is 5. The number of ether oxygens (including phenoxy) is 1. The molecule has 9 heteroatoms. The highest BCUT2D eigenvalue weighted by molar-refractivity contribution is 6.06. The summed E-state index contributed by atoms with van der Waals surface area (Å²) in [5.41, 5.74) is 2.49. The number of esters is 1. The Morgan fingerprint density at radius 3 is 2.42 bits per heavy atom. The van der Waals surface area contributed by atoms with E-state index in [1.54, 1.807) is 35.9 Å². The number of carbonyl (C=O) groups is 2. The minimum atomic E-state index is -1.06. The number of hydrogen-bond donors (Lipinski definition) is 1. The van der Waals surface area contributed by atoms with Gasteiger partial charge in [0.2, 0.25) is 0 Å². The molecule has 2 unspecified atom stereocenters. The Kier molecular flexibility index (Phi) is 6.30. The van der Waals surface area contributed by atoms with Crippen LogP contribution < -0.4 is 5.56 Å². The summed E-state index contributed by atoms with van der Waals surface area (Å²) in [5, 5.41) is 9.34. The molecule has 186 valence electrons. The maximum atomic E-state index is 13.5. The number of aryl methyl sites for hydroxylation is 1. The third kappa shape index (κ3) is 4.14. The van der Waals surface area contributed by atoms with E-state index in [4.69, 9.17) is 9.73 Å². The largest absolute Gasteiger partial charge is 0.478 e. The summed E-state index contributed by atoms with van der Waals surface area (Å²) in [6.07, 6.45) is 1.76. The molecule has 2 aliphatic rings. The van der Waals surface area contributed by atoms with Crippen LogP contribution in [0.1, 0.15) is 52.7 Å². The second-order valence-corrected chi connectivity index (χ2v) is 9.01. The van der Waals surface area contributed by atoms with Crippen molar-refractivity contribution in [3.8, 4) is 0 Å². The number of aromatic carboxylic acids is 1. The van der Waals surface area contributed by atoms with E-state index in [-0.39, 0.29) is 23.5 Å². The molecule has 0 saturated heterocycles. The zero-order valence-electron chi connectivity index (χ0n) is 19.8. The van der Waals surface area contributed by atoms with E-state index in [1.165, 1.54) is 24.3 Å². The number of nitrogens with zero attached hydrogens (tertiary/aromatic N) is 3. The van der Waals surface area contributed by atoms with Crippen LogP contribution in [-0.4, -0.2) is 38.7 Å². The van der Waals surface area contributed by atoms with E-state index in [2.05, 4.69) is 0 Å². The molecule has 8 nitrogen and oxygen atoms in total. The van der Waals surface area contributed by atoms with Crippen LogP contribution >= 0.6 is 0 Å². The van der Waals surface area contributed by atoms with Crippen molar-refractivity contribution in [2.75, 3.05) is 6.61 Å². The van der Waals surface area contributed by atoms with Gasteiger partial charge in [0, 0.05) is 24.7 Å². The zero-order valence-corrected chi connectivity index (χ0v) is 19.8. The number of fused-ring (bicyclic) bond motifs is 3. The van der Waals surface area contributed by atoms with Crippen LogP contribution in [-0.2, 0) is 29.0 Å². The third-order valence-corrected chi connectivity index (χ3v) is 6.87. The van der Waals surface area contributed by atoms with Crippen molar-refractivity contribution in [3.63, 3.8) is 0 Å². The minimum absolute atomic E-state index is 0.115. The maximum Gasteiger partial charge on any atom is 0.335 e. The maximum absolute atomic E-state index is 13.5. The van der Waals surface area contributed by atoms with Crippen LogP contribution in [0.5, 0.6) is 0 Å². The number of carboxylic acid groups (broad SMARTS) is 1. The van der Waals surface area contributed by atoms with Gasteiger partial charge in [-0.2, -0.15) is 0 Å². The fraction of sp³-hybridized carbons (Fsp3) is 0.333. The lowest BCUT2D eigenvalue weighted by atomic mass is 9.75. The van der Waals surface area contributed by atoms with Crippen LogP contribution in [0, 0.1) is 11.7 Å². The van der Waals surface area contributed by atoms with Crippen molar-refractivity contribution in [1.82, 2.24) is 9.36 Å². The van der Waals surface area contributed by atoms with Gasteiger partial charge >= 0.3 is 11.9 Å². The monoisotopic (exact) mass is 491 g/mol. The van der Waals surface area contributed by atoms with Crippen LogP contribution in [0.2, 0.25) is 0 Å². The molecule has 0 radical (unpaired) electrons. The molecule has 0 amide bonds. The first-order valence-electron chi connectivity index (χ1n) is 12.0. The van der Waals surface area contributed by atoms with Gasteiger partial charge < -0.3 is 9.84 Å². The van der Waals surface area contributed by atoms with Gasteiger partial charge in [0.25, 0.3) is 5.56 Å². The Morgan fingerprint density at radius 2 is 1.75 bits per heavy atom. The van der Waals surface area contributed by atoms with E-state index in [0.29, 0.717) is 48.6 Å². The van der Waals surface area contributed by atoms with Crippen LogP contribution in [0.25, 0.3) is 0 Å². The molecular weight excluding hydrogens is 465 g/mol. The molecule has 0 fully saturated rings. The van der Waals surface area contributed by atoms with Gasteiger partial charge in [-0.3, -0.25) is 14.3 Å². The van der Waals surface area contributed by atoms with E-state index >= 15 is 0 Å². The Morgan fingerprint density at radius 1 is 1.06 bits per heavy atom. The van der Waals surface area contributed by atoms with Gasteiger partial charge in [-0.25, -0.2) is 18.9 Å². The molecule has 2 aliphatic heterocycles. The first-order valence-corrected chi connectivity index (χ1v) is 12.0. The Balaban J connectivity index is 1.64. The van der Waals surface area contributed by atoms with Gasteiger partial charge in [-0.15, -0.1) is 0 Å². The molecule has 0 bridgehead atoms. The zero-order chi connectivity index (χ0) is 25.4. The summed E-state index contributed by atoms with van der Waals surface area (Å²) in [7, 11) is 0. The number of aromatic nitrogens is 2. The van der Waals surface area contributed by atoms with Gasteiger partial charge in [-0.05, 0) is 61.6 Å². The van der Waals surface area contributed by atoms with Crippen molar-refractivity contribution < 1.29 is 23.8 Å². The van der Waals surface area contributed by atoms with E-state index in [1.807, 2.05) is 4.68 Å². The summed E-state index contributed by atoms with van der Waals surface area (Å²) < 4.78 is 22.4. The van der Waals surface area contributed by atoms with Gasteiger partial charge in [0.1, 0.15) is 11.7 Å². The fourth-order valence-corrected chi connectivity index (χ4v) is 5.20. The van der Waals surface area contributed by atoms with Gasteiger partial charge in [0.15, 0.2) is 5.82 Å². The Bertz CT molecular complexity index is 1400. The average Bonchev–Trinajstić information content (AvgIpc) is 3.46. The van der Waals surface area contributed by atoms with Crippen molar-refractivity contribution in [1.29, 1.82) is 0 Å². The quantitative estimate of drug-likeness (QED) is 0.505. The van der Waals surface area contributed by atoms with Crippen molar-refractivity contribution in [3.05, 3.63) is 87.0 Å². The molecule has 1 N–H and O–H groups in total. The summed E-state index contributed by atoms with van der Waals surface area (Å²) in [4.78, 5) is 43.1. The topological polar surface area (TPSA) is 103 Å². The summed E-state index contributed by atoms with van der Waals surface area (Å²) in [6.45, 7) is 3.11. The number of carbonyl (C=O) groups excluding carboxylic acids is 1. The number of halogens is 1. The predicted octanol–water partition coefficient (Wildman–Crippen LogP) is 3.92. The molecule has 3 aromatic rings. The van der Waals surface area contributed by atoms with Crippen LogP contribution in [0.4, 0.5) is 10.2 Å². The molecule has 2 atom stereocenters. The van der Waals surface area contributed by atoms with E-state index in [9.17, 15) is 23.9 Å². The summed E-state index contributed by atoms with van der Waals surface area (Å²) >= 11 is 0. The van der Waals surface area contributed by atoms with Gasteiger partial charge in [-0.1, -0.05) is 24.3 Å². The van der Waals surface area contributed by atoms with Crippen molar-refractivity contribution in [2.24, 2.45) is 10.9 Å². The van der Waals surface area contributed by atoms with Crippen molar-refractivity contribution in [2.45, 2.75) is 45.2 Å². The standard InChI is InChI=1S/C27H26FN3O5/c1-2-36-27(35)22-20(13-6-16-4-11-19(28)12-5-16)29-24-23(25(32)31-15-3-14-30(24)31)21(22)17-7-9-18(10-8-17)26(33)34/h4-5,7-12,21-22H,2-3,6,13-15H2,1H3,(H,33,34). The van der Waals surface area contributed by atoms with Gasteiger partial charge in [0.05, 0.1) is 17.7 Å². The lowest BCUT2D eigenvalue weighted by molar-refractivity contribution is -0.146. The highest BCUT2D eigenvalue weighted by Gasteiger charge is 2.44. The summed E-state index contributed by atoms with van der Waals surface area (Å²) in [6, 6.07) is 12.5. The minimum Gasteiger partial charge on any atom is -0.478 e. The fourth-order valence-electron chi connectivity index (χ4n) is 5.20. The molecule has 2 aromatic carbocycles. The second-order valence-electron chi connectivity index (χ2n) is 9.01. The SMILES string of the molecule is CCOC(=O)C1C(CCc2ccc(F)cc2)=Nc2c(c(=O)n3n2CCC3)C1c1ccc(C(=O)O)cc1. The molecular formula is C27H26FN3O5. The number of benzene rings is 2. The molecule has 5 rings (SSSR count). The van der Waals surface area contributed by atoms with Crippen molar-refractivity contribution >= 4 is 23.5 Å². The normalized spacial score (nSPS) is 18.3. The number of carboxylic acids is 1. The molecule has 0 spiro atoms. The molecule has 1 aromatic heterocycles. The molecule has 0 aliphatic carbocycles. The summed E-state index contributed by atoms with van der Waals surface area (Å²) in [5.74, 6) is -2.83. The lowest BCUT2D eigenvalue weighted by Gasteiger charge is -2.30. The van der Waals surface area contributed by atoms with Crippen LogP contribution in [0.3, 0.4) is 0 Å². The second kappa shape index (κ2) is 9.56. The number of aliphatic imine (C=N–C) groups is 1. The first-order chi connectivity index (χ1) is 17.4. The molecule has 0 saturated carbocycles. The lowest BCUT2D eigenvalue weighted by Crippen LogP contribution is -2.37. The highest BCUT2D eigenvalue weighted by atomic mass is 19.1.